The summed E-state index contributed by atoms with van der Waals surface area (Å²) in [5, 5.41) is 3.16. The van der Waals surface area contributed by atoms with Crippen LogP contribution in [-0.4, -0.2) is 22.6 Å². The largest absolute Gasteiger partial charge is 0.496 e. The summed E-state index contributed by atoms with van der Waals surface area (Å²) < 4.78 is 20.0. The van der Waals surface area contributed by atoms with Gasteiger partial charge in [-0.25, -0.2) is 9.07 Å². The zero-order valence-corrected chi connectivity index (χ0v) is 16.3. The topological polar surface area (TPSA) is 59.4 Å². The number of hydrogen-bond donors (Lipinski definition) is 1. The number of aliphatic imine (C=N–C) groups is 1. The molecule has 3 aromatic rings. The second kappa shape index (κ2) is 8.69. The molecule has 2 aromatic carbocycles. The Morgan fingerprint density at radius 2 is 1.89 bits per heavy atom. The summed E-state index contributed by atoms with van der Waals surface area (Å²) in [6.07, 6.45) is 1.61. The molecule has 0 aliphatic rings. The van der Waals surface area contributed by atoms with E-state index >= 15 is 0 Å². The molecule has 1 heterocycles. The number of benzene rings is 2. The lowest BCUT2D eigenvalue weighted by molar-refractivity contribution is 0.410. The van der Waals surface area contributed by atoms with E-state index in [1.54, 1.807) is 19.2 Å². The van der Waals surface area contributed by atoms with Gasteiger partial charge < -0.3 is 4.74 Å². The maximum absolute atomic E-state index is 13.2. The van der Waals surface area contributed by atoms with Gasteiger partial charge in [0.25, 0.3) is 5.56 Å². The van der Waals surface area contributed by atoms with Crippen LogP contribution < -0.4 is 10.3 Å². The Balaban J connectivity index is 1.99. The van der Waals surface area contributed by atoms with Crippen molar-refractivity contribution in [2.45, 2.75) is 33.2 Å². The predicted octanol–water partition coefficient (Wildman–Crippen LogP) is 4.28. The third-order valence-electron chi connectivity index (χ3n) is 4.59. The molecule has 0 spiro atoms. The first-order chi connectivity index (χ1) is 13.5. The Labute approximate surface area is 163 Å². The molecule has 28 heavy (non-hydrogen) atoms. The fourth-order valence-electron chi connectivity index (χ4n) is 3.17. The van der Waals surface area contributed by atoms with Crippen LogP contribution in [0.5, 0.6) is 5.75 Å². The van der Waals surface area contributed by atoms with Crippen molar-refractivity contribution < 1.29 is 9.13 Å². The van der Waals surface area contributed by atoms with E-state index in [0.29, 0.717) is 23.5 Å². The van der Waals surface area contributed by atoms with Gasteiger partial charge in [-0.15, -0.1) is 0 Å². The number of methoxy groups -OCH3 is 1. The maximum Gasteiger partial charge on any atom is 0.280 e. The smallest absolute Gasteiger partial charge is 0.280 e. The van der Waals surface area contributed by atoms with Crippen molar-refractivity contribution in [1.82, 2.24) is 9.78 Å². The summed E-state index contributed by atoms with van der Waals surface area (Å²) in [6, 6.07) is 13.5. The number of para-hydroxylation sites is 1. The monoisotopic (exact) mass is 381 g/mol. The number of rotatable bonds is 7. The van der Waals surface area contributed by atoms with E-state index in [-0.39, 0.29) is 11.4 Å². The van der Waals surface area contributed by atoms with Crippen LogP contribution in [0.2, 0.25) is 0 Å². The summed E-state index contributed by atoms with van der Waals surface area (Å²) in [6.45, 7) is 4.31. The average Bonchev–Trinajstić information content (AvgIpc) is 3.03. The molecule has 1 aromatic heterocycles. The normalized spacial score (nSPS) is 11.6. The molecule has 0 atom stereocenters. The van der Waals surface area contributed by atoms with Gasteiger partial charge in [-0.3, -0.25) is 14.9 Å². The number of aromatic amines is 1. The van der Waals surface area contributed by atoms with Gasteiger partial charge in [0, 0.05) is 17.0 Å². The van der Waals surface area contributed by atoms with Crippen LogP contribution in [0, 0.1) is 5.82 Å². The molecule has 1 N–H and O–H groups in total. The van der Waals surface area contributed by atoms with Crippen LogP contribution in [0.1, 0.15) is 37.1 Å². The van der Waals surface area contributed by atoms with Crippen LogP contribution in [0.3, 0.4) is 0 Å². The van der Waals surface area contributed by atoms with E-state index in [0.717, 1.165) is 29.8 Å². The summed E-state index contributed by atoms with van der Waals surface area (Å²) in [5.74, 6) is 0.428. The highest BCUT2D eigenvalue weighted by molar-refractivity contribution is 5.99. The molecule has 0 bridgehead atoms. The van der Waals surface area contributed by atoms with E-state index in [1.807, 2.05) is 31.2 Å². The molecule has 0 aliphatic heterocycles. The number of nitrogens with one attached hydrogen (secondary N) is 1. The molecule has 0 saturated carbocycles. The summed E-state index contributed by atoms with van der Waals surface area (Å²) in [4.78, 5) is 17.7. The second-order valence-electron chi connectivity index (χ2n) is 6.55. The van der Waals surface area contributed by atoms with Gasteiger partial charge in [-0.05, 0) is 43.7 Å². The van der Waals surface area contributed by atoms with Crippen molar-refractivity contribution in [3.63, 3.8) is 0 Å². The number of hydrogen-bond acceptors (Lipinski definition) is 3. The number of H-pyrrole nitrogens is 1. The molecule has 0 saturated heterocycles. The SMILES string of the molecule is CCCc1[nH]n(-c2ccc(F)cc2)c(=O)c1C(C)=NCc1ccccc1OC. The highest BCUT2D eigenvalue weighted by atomic mass is 19.1. The second-order valence-corrected chi connectivity index (χ2v) is 6.55. The lowest BCUT2D eigenvalue weighted by atomic mass is 10.1. The van der Waals surface area contributed by atoms with Crippen molar-refractivity contribution in [2.24, 2.45) is 4.99 Å². The number of ether oxygens (including phenoxy) is 1. The highest BCUT2D eigenvalue weighted by Crippen LogP contribution is 2.19. The van der Waals surface area contributed by atoms with Gasteiger partial charge in [0.05, 0.1) is 24.9 Å². The van der Waals surface area contributed by atoms with Crippen molar-refractivity contribution in [2.75, 3.05) is 7.11 Å². The van der Waals surface area contributed by atoms with Crippen LogP contribution in [0.4, 0.5) is 4.39 Å². The van der Waals surface area contributed by atoms with Crippen molar-refractivity contribution in [3.8, 4) is 11.4 Å². The Bertz CT molecular complexity index is 1030. The molecule has 0 fully saturated rings. The molecule has 0 radical (unpaired) electrons. The Hall–Kier alpha value is -3.15. The summed E-state index contributed by atoms with van der Waals surface area (Å²) in [7, 11) is 1.63. The number of nitrogens with zero attached hydrogens (tertiary/aromatic N) is 2. The highest BCUT2D eigenvalue weighted by Gasteiger charge is 2.17. The molecule has 6 heteroatoms. The van der Waals surface area contributed by atoms with Crippen molar-refractivity contribution >= 4 is 5.71 Å². The van der Waals surface area contributed by atoms with E-state index in [2.05, 4.69) is 17.0 Å². The molecule has 146 valence electrons. The molecule has 0 unspecified atom stereocenters. The minimum atomic E-state index is -0.341. The van der Waals surface area contributed by atoms with Crippen LogP contribution in [0.25, 0.3) is 5.69 Å². The van der Waals surface area contributed by atoms with Crippen molar-refractivity contribution in [3.05, 3.63) is 81.5 Å². The Kier molecular flexibility index (Phi) is 6.09. The summed E-state index contributed by atoms with van der Waals surface area (Å²) in [5.41, 5.74) is 3.43. The van der Waals surface area contributed by atoms with Gasteiger partial charge in [0.15, 0.2) is 0 Å². The van der Waals surface area contributed by atoms with Gasteiger partial charge in [-0.2, -0.15) is 0 Å². The molecular formula is C22H24FN3O2. The molecule has 5 nitrogen and oxygen atoms in total. The fraction of sp³-hybridized carbons (Fsp3) is 0.273. The van der Waals surface area contributed by atoms with E-state index in [4.69, 9.17) is 4.74 Å². The molecular weight excluding hydrogens is 357 g/mol. The number of halogens is 1. The first-order valence-electron chi connectivity index (χ1n) is 9.28. The van der Waals surface area contributed by atoms with Crippen molar-refractivity contribution in [1.29, 1.82) is 0 Å². The lowest BCUT2D eigenvalue weighted by Crippen LogP contribution is -2.20. The van der Waals surface area contributed by atoms with Gasteiger partial charge in [-0.1, -0.05) is 31.5 Å². The first kappa shape index (κ1) is 19.6. The third kappa shape index (κ3) is 4.06. The lowest BCUT2D eigenvalue weighted by Gasteiger charge is -2.06. The first-order valence-corrected chi connectivity index (χ1v) is 9.28. The van der Waals surface area contributed by atoms with E-state index in [9.17, 15) is 9.18 Å². The maximum atomic E-state index is 13.2. The van der Waals surface area contributed by atoms with Crippen LogP contribution >= 0.6 is 0 Å². The standard InChI is InChI=1S/C22H24FN3O2/c1-4-7-19-21(15(2)24-14-16-8-5-6-9-20(16)28-3)22(27)26(25-19)18-12-10-17(23)11-13-18/h5-6,8-13,25H,4,7,14H2,1-3H3. The number of aromatic nitrogens is 2. The summed E-state index contributed by atoms with van der Waals surface area (Å²) >= 11 is 0. The molecule has 3 rings (SSSR count). The fourth-order valence-corrected chi connectivity index (χ4v) is 3.17. The number of aryl methyl sites for hydroxylation is 1. The minimum Gasteiger partial charge on any atom is -0.496 e. The zero-order chi connectivity index (χ0) is 20.1. The van der Waals surface area contributed by atoms with Gasteiger partial charge in [0.1, 0.15) is 11.6 Å². The van der Waals surface area contributed by atoms with E-state index < -0.39 is 0 Å². The molecule has 0 amide bonds. The molecule has 0 aliphatic carbocycles. The van der Waals surface area contributed by atoms with Gasteiger partial charge >= 0.3 is 0 Å². The zero-order valence-electron chi connectivity index (χ0n) is 16.3. The van der Waals surface area contributed by atoms with Crippen LogP contribution in [0.15, 0.2) is 58.3 Å². The quantitative estimate of drug-likeness (QED) is 0.621. The Morgan fingerprint density at radius 1 is 1.18 bits per heavy atom. The van der Waals surface area contributed by atoms with Gasteiger partial charge in [0.2, 0.25) is 0 Å². The minimum absolute atomic E-state index is 0.184. The predicted molar refractivity (Wildman–Crippen MR) is 109 cm³/mol. The Morgan fingerprint density at radius 3 is 2.57 bits per heavy atom. The van der Waals surface area contributed by atoms with Crippen LogP contribution in [-0.2, 0) is 13.0 Å². The average molecular weight is 381 g/mol. The third-order valence-corrected chi connectivity index (χ3v) is 4.59. The van der Waals surface area contributed by atoms with E-state index in [1.165, 1.54) is 16.8 Å².